The third-order valence-corrected chi connectivity index (χ3v) is 2.04. The molecule has 46 valence electrons. The first-order valence-electron chi connectivity index (χ1n) is 3.13. The highest BCUT2D eigenvalue weighted by atomic mass is 16.2. The van der Waals surface area contributed by atoms with E-state index in [0.717, 1.165) is 6.54 Å². The molecule has 1 fully saturated rings. The quantitative estimate of drug-likeness (QED) is 0.436. The minimum Gasteiger partial charge on any atom is -0.437 e. The topological polar surface area (TPSA) is 32.3 Å². The van der Waals surface area contributed by atoms with Crippen molar-refractivity contribution in [2.24, 2.45) is 5.92 Å². The number of hydrogen-bond donors (Lipinski definition) is 2. The van der Waals surface area contributed by atoms with E-state index >= 15 is 0 Å². The van der Waals surface area contributed by atoms with Crippen LogP contribution in [0.1, 0.15) is 13.8 Å². The maximum Gasteiger partial charge on any atom is 0.380 e. The van der Waals surface area contributed by atoms with Crippen LogP contribution in [0.15, 0.2) is 0 Å². The molecule has 2 nitrogen and oxygen atoms in total. The lowest BCUT2D eigenvalue weighted by atomic mass is 9.68. The van der Waals surface area contributed by atoms with Crippen molar-refractivity contribution in [3.8, 4) is 0 Å². The molecular formula is C5H12BNO. The van der Waals surface area contributed by atoms with Crippen molar-refractivity contribution in [3.63, 3.8) is 0 Å². The smallest absolute Gasteiger partial charge is 0.380 e. The second-order valence-corrected chi connectivity index (χ2v) is 2.69. The zero-order chi connectivity index (χ0) is 6.15. The summed E-state index contributed by atoms with van der Waals surface area (Å²) in [6.07, 6.45) is 0. The van der Waals surface area contributed by atoms with Crippen molar-refractivity contribution < 1.29 is 5.02 Å². The Bertz CT molecular complexity index is 78.5. The lowest BCUT2D eigenvalue weighted by Gasteiger charge is -2.05. The van der Waals surface area contributed by atoms with Gasteiger partial charge in [-0.2, -0.15) is 0 Å². The van der Waals surface area contributed by atoms with Crippen LogP contribution < -0.4 is 5.23 Å². The number of rotatable bonds is 0. The second-order valence-electron chi connectivity index (χ2n) is 2.69. The maximum atomic E-state index is 9.06. The molecule has 2 N–H and O–H groups in total. The van der Waals surface area contributed by atoms with E-state index in [1.165, 1.54) is 0 Å². The van der Waals surface area contributed by atoms with E-state index in [4.69, 9.17) is 5.02 Å². The van der Waals surface area contributed by atoms with Crippen LogP contribution >= 0.6 is 0 Å². The molecule has 0 spiro atoms. The molecule has 1 aliphatic rings. The molecule has 2 atom stereocenters. The van der Waals surface area contributed by atoms with Gasteiger partial charge < -0.3 is 10.3 Å². The van der Waals surface area contributed by atoms with Gasteiger partial charge in [-0.25, -0.2) is 0 Å². The Kier molecular flexibility index (Phi) is 1.58. The molecule has 8 heavy (non-hydrogen) atoms. The average Bonchev–Trinajstić information content (AvgIpc) is 1.98. The van der Waals surface area contributed by atoms with Crippen molar-refractivity contribution in [3.05, 3.63) is 0 Å². The van der Waals surface area contributed by atoms with Crippen molar-refractivity contribution in [1.29, 1.82) is 0 Å². The fourth-order valence-electron chi connectivity index (χ4n) is 0.990. The number of nitrogens with one attached hydrogen (secondary N) is 1. The zero-order valence-electron chi connectivity index (χ0n) is 5.39. The molecule has 0 bridgehead atoms. The van der Waals surface area contributed by atoms with E-state index in [1.54, 1.807) is 0 Å². The first-order valence-corrected chi connectivity index (χ1v) is 3.13. The molecule has 1 rings (SSSR count). The van der Waals surface area contributed by atoms with Gasteiger partial charge in [-0.05, 0) is 18.3 Å². The Hall–Kier alpha value is -0.0151. The molecule has 1 heterocycles. The van der Waals surface area contributed by atoms with Crippen LogP contribution in [-0.4, -0.2) is 18.6 Å². The highest BCUT2D eigenvalue weighted by Gasteiger charge is 2.31. The van der Waals surface area contributed by atoms with Crippen LogP contribution in [0, 0.1) is 5.92 Å². The summed E-state index contributed by atoms with van der Waals surface area (Å²) in [4.78, 5) is 0. The van der Waals surface area contributed by atoms with E-state index in [1.807, 2.05) is 0 Å². The van der Waals surface area contributed by atoms with E-state index in [-0.39, 0.29) is 7.05 Å². The van der Waals surface area contributed by atoms with E-state index in [2.05, 4.69) is 19.1 Å². The lowest BCUT2D eigenvalue weighted by Crippen LogP contribution is -2.28. The molecule has 0 saturated carbocycles. The van der Waals surface area contributed by atoms with Gasteiger partial charge in [-0.3, -0.25) is 0 Å². The molecule has 3 heteroatoms. The van der Waals surface area contributed by atoms with E-state index < -0.39 is 0 Å². The van der Waals surface area contributed by atoms with Gasteiger partial charge in [-0.15, -0.1) is 0 Å². The Morgan fingerprint density at radius 2 is 2.25 bits per heavy atom. The van der Waals surface area contributed by atoms with Gasteiger partial charge >= 0.3 is 7.05 Å². The van der Waals surface area contributed by atoms with Gasteiger partial charge in [0.05, 0.1) is 0 Å². The molecule has 0 radical (unpaired) electrons. The summed E-state index contributed by atoms with van der Waals surface area (Å²) in [5.41, 5.74) is 0. The van der Waals surface area contributed by atoms with E-state index in [0.29, 0.717) is 11.7 Å². The summed E-state index contributed by atoms with van der Waals surface area (Å²) >= 11 is 0. The molecule has 0 aromatic heterocycles. The Balaban J connectivity index is 2.44. The third kappa shape index (κ3) is 0.882. The minimum absolute atomic E-state index is 0.259. The monoisotopic (exact) mass is 113 g/mol. The summed E-state index contributed by atoms with van der Waals surface area (Å²) in [5, 5.41) is 12.0. The average molecular weight is 113 g/mol. The Morgan fingerprint density at radius 3 is 2.38 bits per heavy atom. The van der Waals surface area contributed by atoms with Crippen LogP contribution in [0.2, 0.25) is 5.82 Å². The van der Waals surface area contributed by atoms with Gasteiger partial charge in [0.25, 0.3) is 0 Å². The molecule has 1 saturated heterocycles. The van der Waals surface area contributed by atoms with Gasteiger partial charge in [-0.1, -0.05) is 13.8 Å². The molecule has 0 aromatic rings. The minimum atomic E-state index is -0.259. The predicted molar refractivity (Wildman–Crippen MR) is 34.6 cm³/mol. The molecule has 0 aromatic carbocycles. The zero-order valence-corrected chi connectivity index (χ0v) is 5.39. The SMILES string of the molecule is CC1CNB(O)C1C. The standard InChI is InChI=1S/C5H12BNO/c1-4-3-7-6(8)5(4)2/h4-5,7-8H,3H2,1-2H3. The Morgan fingerprint density at radius 1 is 1.62 bits per heavy atom. The summed E-state index contributed by atoms with van der Waals surface area (Å²) in [6, 6.07) is 0. The first kappa shape index (κ1) is 6.11. The normalized spacial score (nSPS) is 38.6. The van der Waals surface area contributed by atoms with Crippen LogP contribution in [0.5, 0.6) is 0 Å². The highest BCUT2D eigenvalue weighted by Crippen LogP contribution is 2.22. The molecule has 1 aliphatic heterocycles. The van der Waals surface area contributed by atoms with Crippen molar-refractivity contribution in [2.45, 2.75) is 19.7 Å². The summed E-state index contributed by atoms with van der Waals surface area (Å²) < 4.78 is 0. The van der Waals surface area contributed by atoms with E-state index in [9.17, 15) is 0 Å². The maximum absolute atomic E-state index is 9.06. The second kappa shape index (κ2) is 2.07. The molecular weight excluding hydrogens is 101 g/mol. The third-order valence-electron chi connectivity index (χ3n) is 2.04. The summed E-state index contributed by atoms with van der Waals surface area (Å²) in [6.45, 7) is 5.17. The fraction of sp³-hybridized carbons (Fsp3) is 1.00. The molecule has 0 amide bonds. The van der Waals surface area contributed by atoms with Gasteiger partial charge in [0.1, 0.15) is 0 Å². The van der Waals surface area contributed by atoms with Crippen LogP contribution in [0.25, 0.3) is 0 Å². The molecule has 0 aliphatic carbocycles. The van der Waals surface area contributed by atoms with Gasteiger partial charge in [0.15, 0.2) is 0 Å². The van der Waals surface area contributed by atoms with Crippen molar-refractivity contribution in [1.82, 2.24) is 5.23 Å². The fourth-order valence-corrected chi connectivity index (χ4v) is 0.990. The van der Waals surface area contributed by atoms with Crippen LogP contribution in [0.4, 0.5) is 0 Å². The Labute approximate surface area is 50.4 Å². The van der Waals surface area contributed by atoms with Crippen LogP contribution in [-0.2, 0) is 0 Å². The van der Waals surface area contributed by atoms with Crippen molar-refractivity contribution in [2.75, 3.05) is 6.54 Å². The summed E-state index contributed by atoms with van der Waals surface area (Å²) in [5.74, 6) is 1.06. The lowest BCUT2D eigenvalue weighted by molar-refractivity contribution is 0.535. The van der Waals surface area contributed by atoms with Gasteiger partial charge in [0, 0.05) is 0 Å². The van der Waals surface area contributed by atoms with Crippen molar-refractivity contribution >= 4 is 7.05 Å². The summed E-state index contributed by atoms with van der Waals surface area (Å²) in [7, 11) is -0.259. The van der Waals surface area contributed by atoms with Gasteiger partial charge in [0.2, 0.25) is 0 Å². The first-order chi connectivity index (χ1) is 3.72. The number of hydrogen-bond acceptors (Lipinski definition) is 2. The largest absolute Gasteiger partial charge is 0.437 e. The highest BCUT2D eigenvalue weighted by molar-refractivity contribution is 6.50. The predicted octanol–water partition coefficient (Wildman–Crippen LogP) is 0.0963. The van der Waals surface area contributed by atoms with Crippen LogP contribution in [0.3, 0.4) is 0 Å². The molecule has 2 unspecified atom stereocenters.